The van der Waals surface area contributed by atoms with Gasteiger partial charge in [-0.2, -0.15) is 13.2 Å². The highest BCUT2D eigenvalue weighted by atomic mass is 35.5. The van der Waals surface area contributed by atoms with E-state index in [0.29, 0.717) is 29.0 Å². The number of halogens is 4. The van der Waals surface area contributed by atoms with Crippen LogP contribution in [0.1, 0.15) is 34.3 Å². The Labute approximate surface area is 193 Å². The zero-order valence-electron chi connectivity index (χ0n) is 17.5. The molecule has 0 aliphatic heterocycles. The van der Waals surface area contributed by atoms with Gasteiger partial charge < -0.3 is 16.2 Å². The molecule has 0 radical (unpaired) electrons. The highest BCUT2D eigenvalue weighted by Gasteiger charge is 2.48. The van der Waals surface area contributed by atoms with Gasteiger partial charge in [0.2, 0.25) is 0 Å². The van der Waals surface area contributed by atoms with Crippen molar-refractivity contribution in [3.05, 3.63) is 81.5 Å². The Balaban J connectivity index is 1.96. The van der Waals surface area contributed by atoms with Gasteiger partial charge in [0.05, 0.1) is 16.7 Å². The number of amides is 1. The number of benzene rings is 2. The van der Waals surface area contributed by atoms with E-state index in [1.54, 1.807) is 24.3 Å². The molecule has 33 heavy (non-hydrogen) atoms. The number of nitrogens with two attached hydrogens (primary N) is 1. The first kappa shape index (κ1) is 24.3. The third-order valence-electron chi connectivity index (χ3n) is 5.35. The van der Waals surface area contributed by atoms with E-state index < -0.39 is 34.9 Å². The Kier molecular flexibility index (Phi) is 6.83. The number of carbonyl (C=O) groups is 2. The molecular weight excluding hydrogens is 459 g/mol. The zero-order valence-corrected chi connectivity index (χ0v) is 18.3. The van der Waals surface area contributed by atoms with Crippen molar-refractivity contribution in [2.75, 3.05) is 7.05 Å². The average Bonchev–Trinajstić information content (AvgIpc) is 3.51. The van der Waals surface area contributed by atoms with E-state index in [0.717, 1.165) is 7.05 Å². The van der Waals surface area contributed by atoms with Gasteiger partial charge in [-0.15, -0.1) is 0 Å². The number of hydrogen-bond donors (Lipinski definition) is 3. The van der Waals surface area contributed by atoms with Gasteiger partial charge in [0.25, 0.3) is 5.91 Å². The van der Waals surface area contributed by atoms with Gasteiger partial charge >= 0.3 is 12.1 Å². The maximum Gasteiger partial charge on any atom is 0.433 e. The van der Waals surface area contributed by atoms with Crippen molar-refractivity contribution in [2.45, 2.75) is 31.0 Å². The van der Waals surface area contributed by atoms with Crippen LogP contribution in [0, 0.1) is 0 Å². The first-order chi connectivity index (χ1) is 15.5. The van der Waals surface area contributed by atoms with E-state index in [1.165, 1.54) is 24.3 Å². The molecule has 6 nitrogen and oxygen atoms in total. The van der Waals surface area contributed by atoms with Gasteiger partial charge in [-0.05, 0) is 48.2 Å². The quantitative estimate of drug-likeness (QED) is 0.408. The van der Waals surface area contributed by atoms with Gasteiger partial charge in [0.1, 0.15) is 0 Å². The van der Waals surface area contributed by atoms with Crippen molar-refractivity contribution in [2.24, 2.45) is 10.7 Å². The number of carboxylic acid groups (broad SMARTS) is 1. The molecule has 0 heterocycles. The number of nitrogens with one attached hydrogen (secondary N) is 1. The summed E-state index contributed by atoms with van der Waals surface area (Å²) in [6.45, 7) is 0. The molecule has 0 bridgehead atoms. The minimum Gasteiger partial charge on any atom is -0.478 e. The SMILES string of the molecule is CN=C(C(C(=O)NC1(c2ccc(C(=O)O)cc2)CC1)=C(N)Cc1cccc(Cl)c1)C(F)(F)F. The van der Waals surface area contributed by atoms with Gasteiger partial charge in [-0.25, -0.2) is 4.79 Å². The number of rotatable bonds is 7. The van der Waals surface area contributed by atoms with Crippen LogP contribution in [0.5, 0.6) is 0 Å². The molecule has 2 aromatic rings. The molecule has 2 aromatic carbocycles. The van der Waals surface area contributed by atoms with Crippen molar-refractivity contribution >= 4 is 29.2 Å². The lowest BCUT2D eigenvalue weighted by Crippen LogP contribution is -2.42. The molecule has 0 unspecified atom stereocenters. The summed E-state index contributed by atoms with van der Waals surface area (Å²) in [5, 5.41) is 12.1. The van der Waals surface area contributed by atoms with Crippen molar-refractivity contribution in [1.29, 1.82) is 0 Å². The van der Waals surface area contributed by atoms with Crippen molar-refractivity contribution in [1.82, 2.24) is 5.32 Å². The lowest BCUT2D eigenvalue weighted by atomic mass is 9.98. The minimum absolute atomic E-state index is 0.0599. The van der Waals surface area contributed by atoms with E-state index in [1.807, 2.05) is 0 Å². The second-order valence-corrected chi connectivity index (χ2v) is 8.13. The molecule has 1 amide bonds. The molecule has 10 heteroatoms. The summed E-state index contributed by atoms with van der Waals surface area (Å²) in [5.41, 5.74) is 3.89. The van der Waals surface area contributed by atoms with E-state index in [9.17, 15) is 22.8 Å². The summed E-state index contributed by atoms with van der Waals surface area (Å²) < 4.78 is 41.1. The average molecular weight is 480 g/mol. The Morgan fingerprint density at radius 3 is 2.30 bits per heavy atom. The summed E-state index contributed by atoms with van der Waals surface area (Å²) in [4.78, 5) is 27.5. The number of carbonyl (C=O) groups excluding carboxylic acids is 1. The van der Waals surface area contributed by atoms with E-state index in [4.69, 9.17) is 22.4 Å². The first-order valence-electron chi connectivity index (χ1n) is 9.90. The largest absolute Gasteiger partial charge is 0.478 e. The highest BCUT2D eigenvalue weighted by molar-refractivity contribution is 6.30. The number of aromatic carboxylic acids is 1. The number of nitrogens with zero attached hydrogens (tertiary/aromatic N) is 1. The molecule has 0 atom stereocenters. The number of alkyl halides is 3. The van der Waals surface area contributed by atoms with Crippen LogP contribution in [0.25, 0.3) is 0 Å². The normalized spacial score (nSPS) is 16.1. The Hall–Kier alpha value is -3.33. The van der Waals surface area contributed by atoms with Gasteiger partial charge in [0, 0.05) is 24.2 Å². The van der Waals surface area contributed by atoms with Crippen LogP contribution in [0.4, 0.5) is 13.2 Å². The third-order valence-corrected chi connectivity index (χ3v) is 5.58. The fourth-order valence-electron chi connectivity index (χ4n) is 3.56. The Morgan fingerprint density at radius 2 is 1.82 bits per heavy atom. The molecular formula is C23H21ClF3N3O3. The molecule has 1 aliphatic rings. The lowest BCUT2D eigenvalue weighted by molar-refractivity contribution is -0.118. The zero-order chi connectivity index (χ0) is 24.4. The van der Waals surface area contributed by atoms with Crippen molar-refractivity contribution in [3.8, 4) is 0 Å². The van der Waals surface area contributed by atoms with Crippen LogP contribution in [0.3, 0.4) is 0 Å². The number of carboxylic acids is 1. The smallest absolute Gasteiger partial charge is 0.433 e. The summed E-state index contributed by atoms with van der Waals surface area (Å²) in [6, 6.07) is 12.3. The van der Waals surface area contributed by atoms with Gasteiger partial charge in [0.15, 0.2) is 5.71 Å². The fraction of sp³-hybridized carbons (Fsp3) is 0.261. The van der Waals surface area contributed by atoms with E-state index >= 15 is 0 Å². The molecule has 0 spiro atoms. The second-order valence-electron chi connectivity index (χ2n) is 7.70. The minimum atomic E-state index is -4.90. The van der Waals surface area contributed by atoms with Crippen LogP contribution in [-0.2, 0) is 16.8 Å². The van der Waals surface area contributed by atoms with Gasteiger partial charge in [-0.1, -0.05) is 35.9 Å². The van der Waals surface area contributed by atoms with Crippen LogP contribution in [-0.4, -0.2) is 35.9 Å². The molecule has 1 saturated carbocycles. The first-order valence-corrected chi connectivity index (χ1v) is 10.3. The molecule has 1 fully saturated rings. The summed E-state index contributed by atoms with van der Waals surface area (Å²) in [5.74, 6) is -2.12. The van der Waals surface area contributed by atoms with Crippen LogP contribution >= 0.6 is 11.6 Å². The third kappa shape index (κ3) is 5.54. The standard InChI is InChI=1S/C23H21ClF3N3O3/c1-29-19(23(25,26)27)18(17(28)12-13-3-2-4-16(24)11-13)20(31)30-22(9-10-22)15-7-5-14(6-8-15)21(32)33/h2-8,11H,9-10,12,28H2,1H3,(H,30,31)(H,32,33). The molecule has 4 N–H and O–H groups in total. The predicted octanol–water partition coefficient (Wildman–Crippen LogP) is 4.23. The van der Waals surface area contributed by atoms with Crippen LogP contribution < -0.4 is 11.1 Å². The van der Waals surface area contributed by atoms with E-state index in [2.05, 4.69) is 10.3 Å². The van der Waals surface area contributed by atoms with Crippen LogP contribution in [0.15, 0.2) is 64.8 Å². The molecule has 0 saturated heterocycles. The highest BCUT2D eigenvalue weighted by Crippen LogP contribution is 2.46. The maximum atomic E-state index is 13.7. The number of aliphatic imine (C=N–C) groups is 1. The van der Waals surface area contributed by atoms with Crippen molar-refractivity contribution in [3.63, 3.8) is 0 Å². The predicted molar refractivity (Wildman–Crippen MR) is 118 cm³/mol. The topological polar surface area (TPSA) is 105 Å². The molecule has 174 valence electrons. The summed E-state index contributed by atoms with van der Waals surface area (Å²) in [7, 11) is 0.945. The van der Waals surface area contributed by atoms with Crippen LogP contribution in [0.2, 0.25) is 5.02 Å². The number of allylic oxidation sites excluding steroid dienone is 1. The molecule has 0 aromatic heterocycles. The fourth-order valence-corrected chi connectivity index (χ4v) is 3.78. The summed E-state index contributed by atoms with van der Waals surface area (Å²) >= 11 is 5.95. The second kappa shape index (κ2) is 9.27. The maximum absolute atomic E-state index is 13.7. The Morgan fingerprint density at radius 1 is 1.18 bits per heavy atom. The molecule has 1 aliphatic carbocycles. The lowest BCUT2D eigenvalue weighted by Gasteiger charge is -2.22. The van der Waals surface area contributed by atoms with Crippen molar-refractivity contribution < 1.29 is 27.9 Å². The number of hydrogen-bond acceptors (Lipinski definition) is 4. The molecule has 3 rings (SSSR count). The Bertz CT molecular complexity index is 1140. The monoisotopic (exact) mass is 479 g/mol. The summed E-state index contributed by atoms with van der Waals surface area (Å²) in [6.07, 6.45) is -4.08. The van der Waals surface area contributed by atoms with E-state index in [-0.39, 0.29) is 17.7 Å². The van der Waals surface area contributed by atoms with Gasteiger partial charge in [-0.3, -0.25) is 9.79 Å².